The van der Waals surface area contributed by atoms with Crippen LogP contribution in [0.4, 0.5) is 0 Å². The number of aliphatic carboxylic acids is 1. The molecular weight excluding hydrogens is 256 g/mol. The van der Waals surface area contributed by atoms with Crippen molar-refractivity contribution >= 4 is 5.97 Å². The van der Waals surface area contributed by atoms with E-state index in [1.54, 1.807) is 7.11 Å². The predicted molar refractivity (Wildman–Crippen MR) is 78.6 cm³/mol. The van der Waals surface area contributed by atoms with Crippen LogP contribution < -0.4 is 0 Å². The minimum atomic E-state index is -0.792. The minimum absolute atomic E-state index is 0.0632. The molecule has 0 saturated carbocycles. The highest BCUT2D eigenvalue weighted by molar-refractivity contribution is 5.69. The van der Waals surface area contributed by atoms with Gasteiger partial charge < -0.3 is 14.7 Å². The average Bonchev–Trinajstić information content (AvgIpc) is 2.38. The molecule has 112 valence electrons. The Balaban J connectivity index is 2.60. The second kappa shape index (κ2) is 8.68. The Morgan fingerprint density at radius 3 is 2.25 bits per heavy atom. The van der Waals surface area contributed by atoms with Crippen molar-refractivity contribution in [1.82, 2.24) is 9.80 Å². The van der Waals surface area contributed by atoms with Crippen LogP contribution in [0, 0.1) is 0 Å². The number of likely N-dealkylation sites (N-methyl/N-ethyl adjacent to an activating group) is 1. The Morgan fingerprint density at radius 1 is 1.15 bits per heavy atom. The monoisotopic (exact) mass is 280 g/mol. The molecule has 1 N–H and O–H groups in total. The molecule has 5 nitrogen and oxygen atoms in total. The molecule has 0 heterocycles. The highest BCUT2D eigenvalue weighted by atomic mass is 16.5. The maximum absolute atomic E-state index is 10.9. The molecule has 1 rings (SSSR count). The lowest BCUT2D eigenvalue weighted by Crippen LogP contribution is -2.35. The van der Waals surface area contributed by atoms with Crippen LogP contribution in [0.2, 0.25) is 0 Å². The van der Waals surface area contributed by atoms with Crippen molar-refractivity contribution in [3.8, 4) is 0 Å². The Bertz CT molecular complexity index is 404. The highest BCUT2D eigenvalue weighted by Crippen LogP contribution is 2.08. The number of hydrogen-bond donors (Lipinski definition) is 1. The topological polar surface area (TPSA) is 53.0 Å². The van der Waals surface area contributed by atoms with Crippen molar-refractivity contribution in [2.24, 2.45) is 0 Å². The SMILES string of the molecule is COCc1ccc(CN(CCN(C)C)CC(=O)O)cc1. The summed E-state index contributed by atoms with van der Waals surface area (Å²) in [6.07, 6.45) is 0. The van der Waals surface area contributed by atoms with Gasteiger partial charge in [-0.25, -0.2) is 0 Å². The normalized spacial score (nSPS) is 11.2. The molecule has 0 spiro atoms. The summed E-state index contributed by atoms with van der Waals surface area (Å²) in [6, 6.07) is 8.09. The Labute approximate surface area is 120 Å². The molecule has 0 bridgehead atoms. The van der Waals surface area contributed by atoms with Gasteiger partial charge >= 0.3 is 5.97 Å². The second-order valence-corrected chi connectivity index (χ2v) is 5.16. The maximum atomic E-state index is 10.9. The summed E-state index contributed by atoms with van der Waals surface area (Å²) in [7, 11) is 5.64. The molecule has 0 saturated heterocycles. The smallest absolute Gasteiger partial charge is 0.317 e. The van der Waals surface area contributed by atoms with Crippen LogP contribution in [0.5, 0.6) is 0 Å². The molecule has 0 aliphatic carbocycles. The first-order valence-corrected chi connectivity index (χ1v) is 6.67. The zero-order valence-electron chi connectivity index (χ0n) is 12.5. The van der Waals surface area contributed by atoms with Crippen LogP contribution in [-0.2, 0) is 22.7 Å². The van der Waals surface area contributed by atoms with E-state index >= 15 is 0 Å². The van der Waals surface area contributed by atoms with Crippen molar-refractivity contribution in [3.63, 3.8) is 0 Å². The number of hydrogen-bond acceptors (Lipinski definition) is 4. The van der Waals surface area contributed by atoms with Gasteiger partial charge in [-0.1, -0.05) is 24.3 Å². The van der Waals surface area contributed by atoms with E-state index in [4.69, 9.17) is 9.84 Å². The fourth-order valence-corrected chi connectivity index (χ4v) is 1.91. The van der Waals surface area contributed by atoms with Crippen molar-refractivity contribution < 1.29 is 14.6 Å². The van der Waals surface area contributed by atoms with E-state index in [0.29, 0.717) is 13.2 Å². The lowest BCUT2D eigenvalue weighted by atomic mass is 10.1. The van der Waals surface area contributed by atoms with Crippen LogP contribution in [0.15, 0.2) is 24.3 Å². The van der Waals surface area contributed by atoms with E-state index in [9.17, 15) is 4.79 Å². The molecule has 1 aromatic carbocycles. The fourth-order valence-electron chi connectivity index (χ4n) is 1.91. The third-order valence-electron chi connectivity index (χ3n) is 2.96. The molecular formula is C15H24N2O3. The number of rotatable bonds is 9. The van der Waals surface area contributed by atoms with E-state index in [1.165, 1.54) is 0 Å². The summed E-state index contributed by atoms with van der Waals surface area (Å²) in [4.78, 5) is 14.9. The van der Waals surface area contributed by atoms with Crippen LogP contribution in [0.3, 0.4) is 0 Å². The van der Waals surface area contributed by atoms with E-state index in [2.05, 4.69) is 4.90 Å². The van der Waals surface area contributed by atoms with Crippen LogP contribution in [-0.4, -0.2) is 61.7 Å². The van der Waals surface area contributed by atoms with Crippen molar-refractivity contribution in [1.29, 1.82) is 0 Å². The minimum Gasteiger partial charge on any atom is -0.480 e. The molecule has 0 aromatic heterocycles. The molecule has 0 amide bonds. The van der Waals surface area contributed by atoms with E-state index in [-0.39, 0.29) is 6.54 Å². The van der Waals surface area contributed by atoms with Crippen LogP contribution in [0.1, 0.15) is 11.1 Å². The van der Waals surface area contributed by atoms with E-state index in [1.807, 2.05) is 43.3 Å². The zero-order valence-corrected chi connectivity index (χ0v) is 12.5. The van der Waals surface area contributed by atoms with Gasteiger partial charge in [0.15, 0.2) is 0 Å². The molecule has 0 unspecified atom stereocenters. The quantitative estimate of drug-likeness (QED) is 0.738. The van der Waals surface area contributed by atoms with E-state index < -0.39 is 5.97 Å². The van der Waals surface area contributed by atoms with Crippen LogP contribution in [0.25, 0.3) is 0 Å². The molecule has 0 atom stereocenters. The molecule has 1 aromatic rings. The summed E-state index contributed by atoms with van der Waals surface area (Å²) < 4.78 is 5.07. The van der Waals surface area contributed by atoms with Gasteiger partial charge in [0.1, 0.15) is 0 Å². The first-order chi connectivity index (χ1) is 9.51. The van der Waals surface area contributed by atoms with Gasteiger partial charge in [0.25, 0.3) is 0 Å². The summed E-state index contributed by atoms with van der Waals surface area (Å²) in [5, 5.41) is 8.97. The number of ether oxygens (including phenoxy) is 1. The highest BCUT2D eigenvalue weighted by Gasteiger charge is 2.10. The molecule has 0 aliphatic heterocycles. The summed E-state index contributed by atoms with van der Waals surface area (Å²) >= 11 is 0. The first kappa shape index (κ1) is 16.6. The van der Waals surface area contributed by atoms with Gasteiger partial charge in [0, 0.05) is 26.7 Å². The van der Waals surface area contributed by atoms with Gasteiger partial charge in [0.2, 0.25) is 0 Å². The number of nitrogens with zero attached hydrogens (tertiary/aromatic N) is 2. The summed E-state index contributed by atoms with van der Waals surface area (Å²) in [6.45, 7) is 2.88. The Kier molecular flexibility index (Phi) is 7.22. The van der Waals surface area contributed by atoms with Gasteiger partial charge in [-0.15, -0.1) is 0 Å². The van der Waals surface area contributed by atoms with Gasteiger partial charge in [-0.2, -0.15) is 0 Å². The zero-order chi connectivity index (χ0) is 15.0. The van der Waals surface area contributed by atoms with E-state index in [0.717, 1.165) is 24.2 Å². The molecule has 20 heavy (non-hydrogen) atoms. The summed E-state index contributed by atoms with van der Waals surface area (Å²) in [5.74, 6) is -0.792. The van der Waals surface area contributed by atoms with Crippen molar-refractivity contribution in [2.45, 2.75) is 13.2 Å². The fraction of sp³-hybridized carbons (Fsp3) is 0.533. The van der Waals surface area contributed by atoms with Crippen molar-refractivity contribution in [2.75, 3.05) is 40.8 Å². The Hall–Kier alpha value is -1.43. The van der Waals surface area contributed by atoms with Crippen LogP contribution >= 0.6 is 0 Å². The lowest BCUT2D eigenvalue weighted by Gasteiger charge is -2.22. The van der Waals surface area contributed by atoms with Gasteiger partial charge in [-0.3, -0.25) is 9.69 Å². The molecule has 0 fully saturated rings. The lowest BCUT2D eigenvalue weighted by molar-refractivity contribution is -0.138. The molecule has 0 aliphatic rings. The van der Waals surface area contributed by atoms with Crippen molar-refractivity contribution in [3.05, 3.63) is 35.4 Å². The average molecular weight is 280 g/mol. The number of carboxylic acid groups (broad SMARTS) is 1. The Morgan fingerprint density at radius 2 is 1.75 bits per heavy atom. The number of carbonyl (C=O) groups is 1. The third-order valence-corrected chi connectivity index (χ3v) is 2.96. The standard InChI is InChI=1S/C15H24N2O3/c1-16(2)8-9-17(11-15(18)19)10-13-4-6-14(7-5-13)12-20-3/h4-7H,8-12H2,1-3H3,(H,18,19). The van der Waals surface area contributed by atoms with Gasteiger partial charge in [0.05, 0.1) is 13.2 Å². The first-order valence-electron chi connectivity index (χ1n) is 6.67. The molecule has 5 heteroatoms. The molecule has 0 radical (unpaired) electrons. The number of methoxy groups -OCH3 is 1. The van der Waals surface area contributed by atoms with Gasteiger partial charge in [-0.05, 0) is 25.2 Å². The second-order valence-electron chi connectivity index (χ2n) is 5.16. The predicted octanol–water partition coefficient (Wildman–Crippen LogP) is 1.28. The number of benzene rings is 1. The maximum Gasteiger partial charge on any atom is 0.317 e. The summed E-state index contributed by atoms with van der Waals surface area (Å²) in [5.41, 5.74) is 2.24. The third kappa shape index (κ3) is 6.65. The number of carboxylic acids is 1. The largest absolute Gasteiger partial charge is 0.480 e.